The molecule has 0 spiro atoms. The zero-order valence-corrected chi connectivity index (χ0v) is 13.4. The van der Waals surface area contributed by atoms with Crippen molar-refractivity contribution in [2.24, 2.45) is 5.73 Å². The Morgan fingerprint density at radius 2 is 2.11 bits per heavy atom. The summed E-state index contributed by atoms with van der Waals surface area (Å²) in [4.78, 5) is 13.1. The molecular formula is C13H18IN3O2. The van der Waals surface area contributed by atoms with Crippen molar-refractivity contribution in [1.82, 2.24) is 4.90 Å². The number of nitrogens with one attached hydrogen (secondary N) is 1. The quantitative estimate of drug-likeness (QED) is 0.474. The van der Waals surface area contributed by atoms with Crippen LogP contribution in [-0.4, -0.2) is 22.6 Å². The third-order valence-corrected chi connectivity index (χ3v) is 2.81. The van der Waals surface area contributed by atoms with Crippen molar-refractivity contribution in [3.63, 3.8) is 0 Å². The monoisotopic (exact) mass is 375 g/mol. The predicted molar refractivity (Wildman–Crippen MR) is 82.9 cm³/mol. The van der Waals surface area contributed by atoms with Crippen LogP contribution in [0, 0.1) is 8.98 Å². The molecule has 104 valence electrons. The molecule has 5 nitrogen and oxygen atoms in total. The van der Waals surface area contributed by atoms with Gasteiger partial charge in [-0.25, -0.2) is 9.69 Å². The molecule has 1 aromatic carbocycles. The van der Waals surface area contributed by atoms with Crippen LogP contribution in [0.25, 0.3) is 0 Å². The van der Waals surface area contributed by atoms with Crippen LogP contribution in [0.3, 0.4) is 0 Å². The zero-order chi connectivity index (χ0) is 14.6. The SMILES string of the molecule is CC(C)(C)OC(=O)N(Cc1cccc(I)c1)C(=N)N. The number of nitrogens with two attached hydrogens (primary N) is 1. The van der Waals surface area contributed by atoms with Crippen LogP contribution in [0.1, 0.15) is 26.3 Å². The number of hydrogen-bond acceptors (Lipinski definition) is 3. The molecular weight excluding hydrogens is 357 g/mol. The average molecular weight is 375 g/mol. The number of carbonyl (C=O) groups excluding carboxylic acids is 1. The predicted octanol–water partition coefficient (Wildman–Crippen LogP) is 2.92. The van der Waals surface area contributed by atoms with Crippen LogP contribution in [-0.2, 0) is 11.3 Å². The highest BCUT2D eigenvalue weighted by Gasteiger charge is 2.24. The first kappa shape index (κ1) is 15.7. The summed E-state index contributed by atoms with van der Waals surface area (Å²) < 4.78 is 6.29. The number of carbonyl (C=O) groups is 1. The van der Waals surface area contributed by atoms with Gasteiger partial charge < -0.3 is 10.5 Å². The lowest BCUT2D eigenvalue weighted by atomic mass is 10.2. The molecule has 1 amide bonds. The first-order valence-corrected chi connectivity index (χ1v) is 6.86. The van der Waals surface area contributed by atoms with Crippen molar-refractivity contribution < 1.29 is 9.53 Å². The fourth-order valence-electron chi connectivity index (χ4n) is 1.38. The van der Waals surface area contributed by atoms with Gasteiger partial charge in [-0.3, -0.25) is 5.41 Å². The lowest BCUT2D eigenvalue weighted by Crippen LogP contribution is -2.43. The number of ether oxygens (including phenoxy) is 1. The summed E-state index contributed by atoms with van der Waals surface area (Å²) in [6.45, 7) is 5.54. The molecule has 0 atom stereocenters. The van der Waals surface area contributed by atoms with Gasteiger partial charge in [0.1, 0.15) is 5.60 Å². The van der Waals surface area contributed by atoms with E-state index in [1.54, 1.807) is 20.8 Å². The van der Waals surface area contributed by atoms with E-state index in [9.17, 15) is 4.79 Å². The maximum absolute atomic E-state index is 12.0. The van der Waals surface area contributed by atoms with Gasteiger partial charge in [-0.05, 0) is 61.1 Å². The molecule has 0 aliphatic rings. The Labute approximate surface area is 126 Å². The number of halogens is 1. The van der Waals surface area contributed by atoms with Crippen LogP contribution < -0.4 is 5.73 Å². The minimum absolute atomic E-state index is 0.223. The molecule has 0 fully saturated rings. The highest BCUT2D eigenvalue weighted by atomic mass is 127. The zero-order valence-electron chi connectivity index (χ0n) is 11.2. The number of benzene rings is 1. The van der Waals surface area contributed by atoms with E-state index in [2.05, 4.69) is 22.6 Å². The Morgan fingerprint density at radius 3 is 2.58 bits per heavy atom. The Bertz CT molecular complexity index is 483. The first-order chi connectivity index (χ1) is 8.69. The third-order valence-electron chi connectivity index (χ3n) is 2.13. The summed E-state index contributed by atoms with van der Waals surface area (Å²) in [5.41, 5.74) is 5.73. The Kier molecular flexibility index (Phi) is 5.16. The molecule has 0 aromatic heterocycles. The largest absolute Gasteiger partial charge is 0.443 e. The normalized spacial score (nSPS) is 10.9. The summed E-state index contributed by atoms with van der Waals surface area (Å²) in [6.07, 6.45) is -0.612. The van der Waals surface area contributed by atoms with Gasteiger partial charge in [-0.2, -0.15) is 0 Å². The number of amides is 1. The molecule has 0 aliphatic carbocycles. The fraction of sp³-hybridized carbons (Fsp3) is 0.385. The van der Waals surface area contributed by atoms with E-state index < -0.39 is 11.7 Å². The number of rotatable bonds is 2. The Hall–Kier alpha value is -1.31. The van der Waals surface area contributed by atoms with Crippen molar-refractivity contribution in [1.29, 1.82) is 5.41 Å². The summed E-state index contributed by atoms with van der Waals surface area (Å²) in [7, 11) is 0. The summed E-state index contributed by atoms with van der Waals surface area (Å²) in [5, 5.41) is 7.49. The van der Waals surface area contributed by atoms with Crippen molar-refractivity contribution in [3.8, 4) is 0 Å². The van der Waals surface area contributed by atoms with Crippen LogP contribution in [0.2, 0.25) is 0 Å². The number of hydrogen-bond donors (Lipinski definition) is 2. The Morgan fingerprint density at radius 1 is 1.47 bits per heavy atom. The lowest BCUT2D eigenvalue weighted by molar-refractivity contribution is 0.0356. The van der Waals surface area contributed by atoms with E-state index in [1.165, 1.54) is 0 Å². The molecule has 0 saturated carbocycles. The molecule has 6 heteroatoms. The van der Waals surface area contributed by atoms with Gasteiger partial charge >= 0.3 is 6.09 Å². The number of nitrogens with zero attached hydrogens (tertiary/aromatic N) is 1. The maximum Gasteiger partial charge on any atom is 0.417 e. The molecule has 1 aromatic rings. The van der Waals surface area contributed by atoms with Crippen molar-refractivity contribution >= 4 is 34.6 Å². The van der Waals surface area contributed by atoms with Crippen LogP contribution in [0.15, 0.2) is 24.3 Å². The minimum Gasteiger partial charge on any atom is -0.443 e. The molecule has 19 heavy (non-hydrogen) atoms. The topological polar surface area (TPSA) is 79.4 Å². The molecule has 0 aliphatic heterocycles. The summed E-state index contributed by atoms with van der Waals surface area (Å²) >= 11 is 2.19. The van der Waals surface area contributed by atoms with Gasteiger partial charge in [0.2, 0.25) is 0 Å². The molecule has 0 heterocycles. The molecule has 1 rings (SSSR count). The summed E-state index contributed by atoms with van der Waals surface area (Å²) in [6, 6.07) is 7.66. The first-order valence-electron chi connectivity index (χ1n) is 5.78. The van der Waals surface area contributed by atoms with Gasteiger partial charge in [0.05, 0.1) is 6.54 Å². The van der Waals surface area contributed by atoms with Crippen molar-refractivity contribution in [3.05, 3.63) is 33.4 Å². The minimum atomic E-state index is -0.615. The van der Waals surface area contributed by atoms with E-state index in [0.29, 0.717) is 0 Å². The van der Waals surface area contributed by atoms with Gasteiger partial charge in [0, 0.05) is 3.57 Å². The van der Waals surface area contributed by atoms with Gasteiger partial charge in [-0.1, -0.05) is 12.1 Å². The van der Waals surface area contributed by atoms with Crippen molar-refractivity contribution in [2.75, 3.05) is 0 Å². The second kappa shape index (κ2) is 6.23. The molecule has 0 radical (unpaired) electrons. The highest BCUT2D eigenvalue weighted by Crippen LogP contribution is 2.14. The van der Waals surface area contributed by atoms with E-state index in [1.807, 2.05) is 24.3 Å². The van der Waals surface area contributed by atoms with Gasteiger partial charge in [0.15, 0.2) is 5.96 Å². The Balaban J connectivity index is 2.84. The molecule has 3 N–H and O–H groups in total. The second-order valence-corrected chi connectivity index (χ2v) is 6.33. The van der Waals surface area contributed by atoms with E-state index in [-0.39, 0.29) is 12.5 Å². The lowest BCUT2D eigenvalue weighted by Gasteiger charge is -2.26. The van der Waals surface area contributed by atoms with E-state index in [4.69, 9.17) is 15.9 Å². The smallest absolute Gasteiger partial charge is 0.417 e. The maximum atomic E-state index is 12.0. The summed E-state index contributed by atoms with van der Waals surface area (Å²) in [5.74, 6) is -0.326. The fourth-order valence-corrected chi connectivity index (χ4v) is 1.99. The third kappa shape index (κ3) is 5.46. The van der Waals surface area contributed by atoms with E-state index >= 15 is 0 Å². The van der Waals surface area contributed by atoms with E-state index in [0.717, 1.165) is 14.0 Å². The highest BCUT2D eigenvalue weighted by molar-refractivity contribution is 14.1. The van der Waals surface area contributed by atoms with Crippen LogP contribution in [0.5, 0.6) is 0 Å². The van der Waals surface area contributed by atoms with Gasteiger partial charge in [-0.15, -0.1) is 0 Å². The van der Waals surface area contributed by atoms with Gasteiger partial charge in [0.25, 0.3) is 0 Å². The van der Waals surface area contributed by atoms with Crippen LogP contribution in [0.4, 0.5) is 4.79 Å². The number of guanidine groups is 1. The van der Waals surface area contributed by atoms with Crippen LogP contribution >= 0.6 is 22.6 Å². The average Bonchev–Trinajstić information content (AvgIpc) is 2.23. The second-order valence-electron chi connectivity index (χ2n) is 5.08. The molecule has 0 bridgehead atoms. The molecule has 0 saturated heterocycles. The molecule has 0 unspecified atom stereocenters. The van der Waals surface area contributed by atoms with Crippen molar-refractivity contribution in [2.45, 2.75) is 32.9 Å². The standard InChI is InChI=1S/C13H18IN3O2/c1-13(2,3)19-12(18)17(11(15)16)8-9-5-4-6-10(14)7-9/h4-7H,8H2,1-3H3,(H3,15,16).